The fourth-order valence-corrected chi connectivity index (χ4v) is 2.04. The maximum Gasteiger partial charge on any atom is 0.134 e. The van der Waals surface area contributed by atoms with Crippen LogP contribution in [0.15, 0.2) is 59.0 Å². The first-order chi connectivity index (χ1) is 9.35. The number of benzene rings is 2. The molecular formula is C16H15NO2. The number of anilines is 1. The number of furan rings is 1. The van der Waals surface area contributed by atoms with Gasteiger partial charge in [-0.3, -0.25) is 0 Å². The van der Waals surface area contributed by atoms with Gasteiger partial charge in [0, 0.05) is 11.1 Å². The van der Waals surface area contributed by atoms with Gasteiger partial charge in [0.1, 0.15) is 11.3 Å². The lowest BCUT2D eigenvalue weighted by Gasteiger charge is -2.04. The van der Waals surface area contributed by atoms with Crippen LogP contribution in [0, 0.1) is 0 Å². The number of nitrogens with one attached hydrogen (secondary N) is 1. The highest BCUT2D eigenvalue weighted by molar-refractivity contribution is 5.77. The van der Waals surface area contributed by atoms with Crippen LogP contribution in [0.4, 0.5) is 5.69 Å². The SMILES string of the molecule is OCc1ccc(NCc2cc3ccccc3o2)cc1. The molecule has 0 spiro atoms. The molecular weight excluding hydrogens is 238 g/mol. The van der Waals surface area contributed by atoms with Gasteiger partial charge < -0.3 is 14.8 Å². The molecule has 0 aliphatic rings. The van der Waals surface area contributed by atoms with Crippen molar-refractivity contribution in [2.45, 2.75) is 13.2 Å². The van der Waals surface area contributed by atoms with E-state index in [1.807, 2.05) is 54.6 Å². The Bertz CT molecular complexity index is 638. The van der Waals surface area contributed by atoms with Crippen molar-refractivity contribution < 1.29 is 9.52 Å². The molecule has 19 heavy (non-hydrogen) atoms. The standard InChI is InChI=1S/C16H15NO2/c18-11-12-5-7-14(8-6-12)17-10-15-9-13-3-1-2-4-16(13)19-15/h1-9,17-18H,10-11H2. The third-order valence-electron chi connectivity index (χ3n) is 3.08. The van der Waals surface area contributed by atoms with Crippen molar-refractivity contribution in [2.24, 2.45) is 0 Å². The Morgan fingerprint density at radius 2 is 1.79 bits per heavy atom. The lowest BCUT2D eigenvalue weighted by Crippen LogP contribution is -1.97. The van der Waals surface area contributed by atoms with E-state index >= 15 is 0 Å². The molecule has 0 aliphatic carbocycles. The van der Waals surface area contributed by atoms with E-state index in [0.29, 0.717) is 6.54 Å². The number of rotatable bonds is 4. The lowest BCUT2D eigenvalue weighted by molar-refractivity contribution is 0.282. The molecule has 1 aromatic heterocycles. The molecule has 0 bridgehead atoms. The summed E-state index contributed by atoms with van der Waals surface area (Å²) in [6.07, 6.45) is 0. The number of para-hydroxylation sites is 1. The zero-order valence-corrected chi connectivity index (χ0v) is 10.5. The van der Waals surface area contributed by atoms with Crippen LogP contribution in [0.1, 0.15) is 11.3 Å². The van der Waals surface area contributed by atoms with E-state index in [1.54, 1.807) is 0 Å². The molecule has 96 valence electrons. The van der Waals surface area contributed by atoms with Gasteiger partial charge in [-0.25, -0.2) is 0 Å². The van der Waals surface area contributed by atoms with Crippen molar-refractivity contribution in [2.75, 3.05) is 5.32 Å². The summed E-state index contributed by atoms with van der Waals surface area (Å²) in [6, 6.07) is 17.7. The van der Waals surface area contributed by atoms with Gasteiger partial charge in [-0.05, 0) is 29.8 Å². The van der Waals surface area contributed by atoms with Gasteiger partial charge in [0.15, 0.2) is 0 Å². The van der Waals surface area contributed by atoms with Gasteiger partial charge in [0.2, 0.25) is 0 Å². The van der Waals surface area contributed by atoms with E-state index in [4.69, 9.17) is 9.52 Å². The summed E-state index contributed by atoms with van der Waals surface area (Å²) in [7, 11) is 0. The number of aliphatic hydroxyl groups excluding tert-OH is 1. The Morgan fingerprint density at radius 3 is 2.53 bits per heavy atom. The molecule has 3 heteroatoms. The fraction of sp³-hybridized carbons (Fsp3) is 0.125. The normalized spacial score (nSPS) is 10.8. The molecule has 0 unspecified atom stereocenters. The van der Waals surface area contributed by atoms with Crippen LogP contribution in [0.5, 0.6) is 0 Å². The van der Waals surface area contributed by atoms with Crippen LogP contribution in [0.25, 0.3) is 11.0 Å². The smallest absolute Gasteiger partial charge is 0.134 e. The monoisotopic (exact) mass is 253 g/mol. The first-order valence-corrected chi connectivity index (χ1v) is 6.26. The van der Waals surface area contributed by atoms with Crippen LogP contribution >= 0.6 is 0 Å². The van der Waals surface area contributed by atoms with Crippen molar-refractivity contribution in [3.63, 3.8) is 0 Å². The minimum absolute atomic E-state index is 0.0733. The average molecular weight is 253 g/mol. The predicted molar refractivity (Wildman–Crippen MR) is 75.9 cm³/mol. The summed E-state index contributed by atoms with van der Waals surface area (Å²) in [5.74, 6) is 0.910. The van der Waals surface area contributed by atoms with Crippen LogP contribution in [0.3, 0.4) is 0 Å². The average Bonchev–Trinajstić information content (AvgIpc) is 2.88. The first kappa shape index (κ1) is 11.8. The molecule has 0 fully saturated rings. The van der Waals surface area contributed by atoms with Gasteiger partial charge in [0.05, 0.1) is 13.2 Å². The Balaban J connectivity index is 1.70. The van der Waals surface area contributed by atoms with Crippen LogP contribution in [0.2, 0.25) is 0 Å². The summed E-state index contributed by atoms with van der Waals surface area (Å²) in [6.45, 7) is 0.719. The Labute approximate surface area is 111 Å². The van der Waals surface area contributed by atoms with Gasteiger partial charge in [0.25, 0.3) is 0 Å². The van der Waals surface area contributed by atoms with Gasteiger partial charge in [-0.1, -0.05) is 30.3 Å². The second-order valence-corrected chi connectivity index (χ2v) is 4.46. The highest BCUT2D eigenvalue weighted by Gasteiger charge is 2.02. The van der Waals surface area contributed by atoms with Crippen molar-refractivity contribution in [1.29, 1.82) is 0 Å². The van der Waals surface area contributed by atoms with E-state index in [0.717, 1.165) is 28.0 Å². The topological polar surface area (TPSA) is 45.4 Å². The van der Waals surface area contributed by atoms with E-state index < -0.39 is 0 Å². The molecule has 0 radical (unpaired) electrons. The third kappa shape index (κ3) is 2.61. The van der Waals surface area contributed by atoms with Crippen LogP contribution in [-0.4, -0.2) is 5.11 Å². The quantitative estimate of drug-likeness (QED) is 0.747. The third-order valence-corrected chi connectivity index (χ3v) is 3.08. The fourth-order valence-electron chi connectivity index (χ4n) is 2.04. The Kier molecular flexibility index (Phi) is 3.21. The molecule has 2 N–H and O–H groups in total. The van der Waals surface area contributed by atoms with Crippen molar-refractivity contribution in [3.05, 3.63) is 65.9 Å². The number of hydrogen-bond acceptors (Lipinski definition) is 3. The highest BCUT2D eigenvalue weighted by atomic mass is 16.3. The number of aliphatic hydroxyl groups is 1. The summed E-state index contributed by atoms with van der Waals surface area (Å²) >= 11 is 0. The molecule has 3 aromatic rings. The molecule has 0 saturated heterocycles. The maximum absolute atomic E-state index is 8.98. The minimum atomic E-state index is 0.0733. The Morgan fingerprint density at radius 1 is 1.00 bits per heavy atom. The largest absolute Gasteiger partial charge is 0.459 e. The van der Waals surface area contributed by atoms with Crippen LogP contribution in [-0.2, 0) is 13.2 Å². The first-order valence-electron chi connectivity index (χ1n) is 6.26. The molecule has 2 aromatic carbocycles. The van der Waals surface area contributed by atoms with Gasteiger partial charge >= 0.3 is 0 Å². The summed E-state index contributed by atoms with van der Waals surface area (Å²) in [5.41, 5.74) is 2.84. The van der Waals surface area contributed by atoms with Gasteiger partial charge in [-0.2, -0.15) is 0 Å². The molecule has 0 saturated carbocycles. The summed E-state index contributed by atoms with van der Waals surface area (Å²) in [5, 5.41) is 13.4. The molecule has 3 rings (SSSR count). The summed E-state index contributed by atoms with van der Waals surface area (Å²) in [4.78, 5) is 0. The molecule has 3 nitrogen and oxygen atoms in total. The molecule has 0 amide bonds. The van der Waals surface area contributed by atoms with E-state index in [9.17, 15) is 0 Å². The number of fused-ring (bicyclic) bond motifs is 1. The van der Waals surface area contributed by atoms with E-state index in [2.05, 4.69) is 5.32 Å². The number of hydrogen-bond donors (Lipinski definition) is 2. The maximum atomic E-state index is 8.98. The second kappa shape index (κ2) is 5.16. The second-order valence-electron chi connectivity index (χ2n) is 4.46. The molecule has 0 atom stereocenters. The molecule has 1 heterocycles. The summed E-state index contributed by atoms with van der Waals surface area (Å²) < 4.78 is 5.73. The van der Waals surface area contributed by atoms with Crippen molar-refractivity contribution in [3.8, 4) is 0 Å². The minimum Gasteiger partial charge on any atom is -0.459 e. The van der Waals surface area contributed by atoms with Crippen molar-refractivity contribution in [1.82, 2.24) is 0 Å². The van der Waals surface area contributed by atoms with Crippen molar-refractivity contribution >= 4 is 16.7 Å². The zero-order chi connectivity index (χ0) is 13.1. The Hall–Kier alpha value is -2.26. The zero-order valence-electron chi connectivity index (χ0n) is 10.5. The lowest BCUT2D eigenvalue weighted by atomic mass is 10.2. The van der Waals surface area contributed by atoms with Crippen LogP contribution < -0.4 is 5.32 Å². The van der Waals surface area contributed by atoms with E-state index in [1.165, 1.54) is 0 Å². The van der Waals surface area contributed by atoms with Gasteiger partial charge in [-0.15, -0.1) is 0 Å². The van der Waals surface area contributed by atoms with E-state index in [-0.39, 0.29) is 6.61 Å². The molecule has 0 aliphatic heterocycles. The highest BCUT2D eigenvalue weighted by Crippen LogP contribution is 2.20. The predicted octanol–water partition coefficient (Wildman–Crippen LogP) is 3.54.